The van der Waals surface area contributed by atoms with E-state index in [4.69, 9.17) is 9.47 Å². The van der Waals surface area contributed by atoms with Crippen LogP contribution in [0.4, 0.5) is 4.39 Å². The van der Waals surface area contributed by atoms with Crippen molar-refractivity contribution >= 4 is 27.2 Å². The van der Waals surface area contributed by atoms with Crippen LogP contribution in [0.5, 0.6) is 17.2 Å². The van der Waals surface area contributed by atoms with Gasteiger partial charge >= 0.3 is 0 Å². The van der Waals surface area contributed by atoms with Crippen LogP contribution in [0.25, 0.3) is 20.5 Å². The molecule has 0 radical (unpaired) electrons. The Balaban J connectivity index is 1.11. The molecule has 3 fully saturated rings. The van der Waals surface area contributed by atoms with E-state index < -0.39 is 11.6 Å². The zero-order valence-corrected chi connectivity index (χ0v) is 27.2. The third-order valence-corrected chi connectivity index (χ3v) is 11.1. The molecule has 8 heteroatoms. The maximum Gasteiger partial charge on any atom is 0.195 e. The highest BCUT2D eigenvalue weighted by Gasteiger charge is 2.32. The molecular weight excluding hydrogens is 599 g/mol. The van der Waals surface area contributed by atoms with Crippen LogP contribution in [0, 0.1) is 5.82 Å². The number of ether oxygens (including phenoxy) is 2. The summed E-state index contributed by atoms with van der Waals surface area (Å²) in [7, 11) is 0. The average molecular weight is 643 g/mol. The predicted octanol–water partition coefficient (Wildman–Crippen LogP) is 8.29. The predicted molar refractivity (Wildman–Crippen MR) is 182 cm³/mol. The number of nitrogens with zero attached hydrogens (tertiary/aromatic N) is 2. The van der Waals surface area contributed by atoms with Crippen LogP contribution >= 0.6 is 11.3 Å². The van der Waals surface area contributed by atoms with Gasteiger partial charge in [0.05, 0.1) is 0 Å². The fourth-order valence-corrected chi connectivity index (χ4v) is 8.64. The second-order valence-corrected chi connectivity index (χ2v) is 14.0. The first kappa shape index (κ1) is 31.2. The Morgan fingerprint density at radius 3 is 2.30 bits per heavy atom. The molecule has 46 heavy (non-hydrogen) atoms. The molecule has 0 spiro atoms. The zero-order valence-electron chi connectivity index (χ0n) is 26.4. The first-order valence-corrected chi connectivity index (χ1v) is 17.8. The van der Waals surface area contributed by atoms with Crippen LogP contribution in [0.15, 0.2) is 60.7 Å². The van der Waals surface area contributed by atoms with E-state index in [1.165, 1.54) is 74.8 Å². The normalized spacial score (nSPS) is 21.1. The lowest BCUT2D eigenvalue weighted by Gasteiger charge is -2.41. The van der Waals surface area contributed by atoms with Crippen LogP contribution in [-0.2, 0) is 0 Å². The van der Waals surface area contributed by atoms with Crippen molar-refractivity contribution in [2.75, 3.05) is 39.3 Å². The summed E-state index contributed by atoms with van der Waals surface area (Å²) in [6.07, 6.45) is 11.2. The molecule has 1 aromatic heterocycles. The van der Waals surface area contributed by atoms with Gasteiger partial charge in [-0.1, -0.05) is 12.8 Å². The molecule has 2 atom stereocenters. The first-order chi connectivity index (χ1) is 22.5. The van der Waals surface area contributed by atoms with Gasteiger partial charge in [-0.05, 0) is 131 Å². The third-order valence-electron chi connectivity index (χ3n) is 9.91. The van der Waals surface area contributed by atoms with Gasteiger partial charge in [0, 0.05) is 44.7 Å². The number of benzene rings is 3. The number of ketones is 1. The highest BCUT2D eigenvalue weighted by molar-refractivity contribution is 7.22. The Bertz CT molecular complexity index is 1640. The van der Waals surface area contributed by atoms with Crippen molar-refractivity contribution < 1.29 is 23.8 Å². The number of hydrogen-bond acceptors (Lipinski definition) is 7. The molecule has 242 valence electrons. The number of fused-ring (bicyclic) bond motifs is 1. The minimum absolute atomic E-state index is 0.156. The van der Waals surface area contributed by atoms with Crippen molar-refractivity contribution in [1.82, 2.24) is 9.80 Å². The van der Waals surface area contributed by atoms with E-state index in [0.717, 1.165) is 61.1 Å². The fraction of sp³-hybridized carbons (Fsp3) is 0.447. The van der Waals surface area contributed by atoms with Gasteiger partial charge in [0.25, 0.3) is 0 Å². The summed E-state index contributed by atoms with van der Waals surface area (Å²) in [4.78, 5) is 19.9. The summed E-state index contributed by atoms with van der Waals surface area (Å²) < 4.78 is 27.9. The lowest BCUT2D eigenvalue weighted by molar-refractivity contribution is 0.0261. The molecule has 1 aliphatic carbocycles. The number of carbonyl (C=O) groups is 1. The number of rotatable bonds is 10. The number of halogens is 1. The molecule has 1 N–H and O–H groups in total. The minimum atomic E-state index is -0.743. The van der Waals surface area contributed by atoms with E-state index in [9.17, 15) is 14.3 Å². The van der Waals surface area contributed by atoms with Crippen molar-refractivity contribution in [1.29, 1.82) is 0 Å². The molecule has 4 aromatic rings. The van der Waals surface area contributed by atoms with Gasteiger partial charge in [0.1, 0.15) is 24.2 Å². The van der Waals surface area contributed by atoms with Crippen LogP contribution in [0.3, 0.4) is 0 Å². The van der Waals surface area contributed by atoms with Crippen molar-refractivity contribution in [2.45, 2.75) is 69.9 Å². The van der Waals surface area contributed by atoms with Crippen molar-refractivity contribution in [2.24, 2.45) is 0 Å². The van der Waals surface area contributed by atoms with E-state index >= 15 is 0 Å². The molecule has 1 saturated carbocycles. The molecule has 2 saturated heterocycles. The molecule has 6 nitrogen and oxygen atoms in total. The molecule has 0 amide bonds. The van der Waals surface area contributed by atoms with Gasteiger partial charge in [0.15, 0.2) is 17.3 Å². The average Bonchev–Trinajstić information content (AvgIpc) is 3.74. The highest BCUT2D eigenvalue weighted by atomic mass is 32.1. The number of aromatic hydroxyl groups is 1. The van der Waals surface area contributed by atoms with Crippen molar-refractivity contribution in [3.05, 3.63) is 77.6 Å². The standard InChI is InChI=1S/C38H43FN2O4S/c39-31-24-30-35(25-33(31)42)46-38(27-12-14-28(15-13-27)44-23-22-40-18-6-7-19-40)36(30)37(43)26-10-16-29(17-11-26)45-34-9-3-2-8-32(34)41-20-4-1-5-21-41/h10-17,24-25,32,34,42H,1-9,18-23H2/t32-,34-/m1/s1. The molecule has 3 heterocycles. The minimum Gasteiger partial charge on any atom is -0.505 e. The summed E-state index contributed by atoms with van der Waals surface area (Å²) in [5.74, 6) is 0.196. The Labute approximate surface area is 274 Å². The summed E-state index contributed by atoms with van der Waals surface area (Å²) in [6, 6.07) is 18.3. The second-order valence-electron chi connectivity index (χ2n) is 13.0. The van der Waals surface area contributed by atoms with Crippen LogP contribution in [0.1, 0.15) is 73.7 Å². The smallest absolute Gasteiger partial charge is 0.195 e. The van der Waals surface area contributed by atoms with Gasteiger partial charge in [-0.15, -0.1) is 11.3 Å². The number of carbonyl (C=O) groups excluding carboxylic acids is 1. The van der Waals surface area contributed by atoms with Gasteiger partial charge in [-0.3, -0.25) is 14.6 Å². The molecule has 3 aromatic carbocycles. The Morgan fingerprint density at radius 1 is 0.848 bits per heavy atom. The van der Waals surface area contributed by atoms with Crippen molar-refractivity contribution in [3.8, 4) is 27.7 Å². The van der Waals surface area contributed by atoms with Gasteiger partial charge in [0.2, 0.25) is 0 Å². The monoisotopic (exact) mass is 642 g/mol. The van der Waals surface area contributed by atoms with E-state index in [-0.39, 0.29) is 11.9 Å². The van der Waals surface area contributed by atoms with Crippen LogP contribution < -0.4 is 9.47 Å². The first-order valence-electron chi connectivity index (χ1n) is 17.0. The Morgan fingerprint density at radius 2 is 1.54 bits per heavy atom. The second kappa shape index (κ2) is 14.1. The molecule has 0 unspecified atom stereocenters. The largest absolute Gasteiger partial charge is 0.505 e. The number of piperidine rings is 1. The number of hydrogen-bond donors (Lipinski definition) is 1. The molecule has 0 bridgehead atoms. The summed E-state index contributed by atoms with van der Waals surface area (Å²) >= 11 is 1.38. The zero-order chi connectivity index (χ0) is 31.5. The SMILES string of the molecule is O=C(c1ccc(O[C@@H]2CCCC[C@H]2N2CCCCC2)cc1)c1c(-c2ccc(OCCN3CCCC3)cc2)sc2cc(O)c(F)cc12. The Kier molecular flexibility index (Phi) is 9.56. The lowest BCUT2D eigenvalue weighted by Crippen LogP contribution is -2.49. The topological polar surface area (TPSA) is 62.2 Å². The Hall–Kier alpha value is -3.46. The van der Waals surface area contributed by atoms with E-state index in [1.54, 1.807) is 0 Å². The number of thiophene rings is 1. The quantitative estimate of drug-likeness (QED) is 0.176. The van der Waals surface area contributed by atoms with Crippen molar-refractivity contribution in [3.63, 3.8) is 0 Å². The summed E-state index contributed by atoms with van der Waals surface area (Å²) in [5.41, 5.74) is 1.80. The molecule has 7 rings (SSSR count). The molecular formula is C38H43FN2O4S. The molecule has 3 aliphatic rings. The summed E-state index contributed by atoms with van der Waals surface area (Å²) in [6.45, 7) is 6.12. The van der Waals surface area contributed by atoms with E-state index in [0.29, 0.717) is 33.9 Å². The van der Waals surface area contributed by atoms with E-state index in [1.807, 2.05) is 48.5 Å². The van der Waals surface area contributed by atoms with Gasteiger partial charge < -0.3 is 14.6 Å². The fourth-order valence-electron chi connectivity index (χ4n) is 7.42. The number of likely N-dealkylation sites (tertiary alicyclic amines) is 2. The maximum atomic E-state index is 14.6. The number of phenolic OH excluding ortho intramolecular Hbond substituents is 1. The number of phenols is 1. The third kappa shape index (κ3) is 6.80. The van der Waals surface area contributed by atoms with Crippen LogP contribution in [0.2, 0.25) is 0 Å². The van der Waals surface area contributed by atoms with E-state index in [2.05, 4.69) is 9.80 Å². The lowest BCUT2D eigenvalue weighted by atomic mass is 9.90. The highest BCUT2D eigenvalue weighted by Crippen LogP contribution is 2.42. The maximum absolute atomic E-state index is 14.6. The molecule has 2 aliphatic heterocycles. The van der Waals surface area contributed by atoms with Crippen LogP contribution in [-0.4, -0.2) is 72.2 Å². The van der Waals surface area contributed by atoms with Gasteiger partial charge in [-0.25, -0.2) is 4.39 Å². The summed E-state index contributed by atoms with van der Waals surface area (Å²) in [5, 5.41) is 10.6. The van der Waals surface area contributed by atoms with Gasteiger partial charge in [-0.2, -0.15) is 0 Å².